The van der Waals surface area contributed by atoms with Crippen molar-refractivity contribution >= 4 is 46.1 Å². The third-order valence-electron chi connectivity index (χ3n) is 7.43. The number of anilines is 1. The van der Waals surface area contributed by atoms with Gasteiger partial charge in [-0.2, -0.15) is 5.26 Å². The van der Waals surface area contributed by atoms with Crippen molar-refractivity contribution in [2.45, 2.75) is 84.5 Å². The molecule has 0 bridgehead atoms. The zero-order valence-corrected chi connectivity index (χ0v) is 25.8. The first-order valence-electron chi connectivity index (χ1n) is 14.6. The summed E-state index contributed by atoms with van der Waals surface area (Å²) in [4.78, 5) is 28.4. The maximum absolute atomic E-state index is 13.3. The molecule has 1 N–H and O–H groups in total. The van der Waals surface area contributed by atoms with Crippen LogP contribution in [0.15, 0.2) is 40.0 Å². The summed E-state index contributed by atoms with van der Waals surface area (Å²) in [7, 11) is 1.65. The van der Waals surface area contributed by atoms with E-state index in [1.165, 1.54) is 73.3 Å². The molecular formula is C32H42N4O2S2. The number of hydrogen-bond donors (Lipinski definition) is 1. The molecule has 1 aromatic carbocycles. The van der Waals surface area contributed by atoms with Crippen LogP contribution in [0.5, 0.6) is 0 Å². The van der Waals surface area contributed by atoms with E-state index in [2.05, 4.69) is 30.4 Å². The zero-order valence-electron chi connectivity index (χ0n) is 24.1. The Balaban J connectivity index is 1.66. The molecule has 1 aliphatic heterocycles. The third kappa shape index (κ3) is 8.55. The predicted molar refractivity (Wildman–Crippen MR) is 171 cm³/mol. The van der Waals surface area contributed by atoms with Gasteiger partial charge in [-0.3, -0.25) is 19.1 Å². The van der Waals surface area contributed by atoms with Crippen LogP contribution in [0.1, 0.15) is 93.4 Å². The number of thioether (sulfide) groups is 1. The summed E-state index contributed by atoms with van der Waals surface area (Å²) in [5.74, 6) is 0.491. The molecule has 0 aliphatic carbocycles. The molecule has 214 valence electrons. The van der Waals surface area contributed by atoms with E-state index < -0.39 is 0 Å². The van der Waals surface area contributed by atoms with E-state index in [1.54, 1.807) is 24.9 Å². The second kappa shape index (κ2) is 16.4. The number of aromatic nitrogens is 1. The number of amides is 1. The molecule has 2 aromatic rings. The number of benzene rings is 1. The fraction of sp³-hybridized carbons (Fsp3) is 0.500. The van der Waals surface area contributed by atoms with E-state index in [0.717, 1.165) is 19.3 Å². The predicted octanol–water partition coefficient (Wildman–Crippen LogP) is 7.34. The van der Waals surface area contributed by atoms with Gasteiger partial charge in [-0.25, -0.2) is 0 Å². The minimum atomic E-state index is -0.354. The molecule has 0 radical (unpaired) electrons. The molecule has 1 saturated heterocycles. The van der Waals surface area contributed by atoms with Gasteiger partial charge in [-0.15, -0.1) is 0 Å². The van der Waals surface area contributed by atoms with Crippen LogP contribution in [-0.4, -0.2) is 32.8 Å². The number of carbonyl (C=O) groups is 1. The third-order valence-corrected chi connectivity index (χ3v) is 8.81. The summed E-state index contributed by atoms with van der Waals surface area (Å²) >= 11 is 6.86. The van der Waals surface area contributed by atoms with E-state index in [1.807, 2.05) is 18.2 Å². The molecule has 40 heavy (non-hydrogen) atoms. The molecule has 8 heteroatoms. The van der Waals surface area contributed by atoms with Crippen LogP contribution in [0.4, 0.5) is 5.82 Å². The molecular weight excluding hydrogens is 537 g/mol. The van der Waals surface area contributed by atoms with Crippen molar-refractivity contribution in [1.82, 2.24) is 9.47 Å². The lowest BCUT2D eigenvalue weighted by molar-refractivity contribution is -0.122. The van der Waals surface area contributed by atoms with E-state index in [9.17, 15) is 14.9 Å². The van der Waals surface area contributed by atoms with E-state index in [0.29, 0.717) is 39.3 Å². The molecule has 0 spiro atoms. The lowest BCUT2D eigenvalue weighted by Gasteiger charge is -2.18. The van der Waals surface area contributed by atoms with Crippen molar-refractivity contribution in [2.24, 2.45) is 7.05 Å². The summed E-state index contributed by atoms with van der Waals surface area (Å²) in [5.41, 5.74) is 2.15. The summed E-state index contributed by atoms with van der Waals surface area (Å²) < 4.78 is 2.03. The Bertz CT molecular complexity index is 1290. The minimum absolute atomic E-state index is 0.0863. The standard InChI is InChI=1S/C32H42N4O2S2/c1-4-5-6-7-8-9-10-11-12-16-21-36-31(38)28(40-32(36)39)22-26-24(2)27(23-33)30(37)35(3)29(26)34-20-19-25-17-14-13-15-18-25/h13-15,17-18,22,34H,4-12,16,19-21H2,1-3H3/b28-22+. The molecule has 0 saturated carbocycles. The maximum Gasteiger partial charge on any atom is 0.270 e. The number of rotatable bonds is 16. The topological polar surface area (TPSA) is 78.1 Å². The number of hydrogen-bond acceptors (Lipinski definition) is 6. The fourth-order valence-corrected chi connectivity index (χ4v) is 6.29. The average Bonchev–Trinajstić information content (AvgIpc) is 3.22. The van der Waals surface area contributed by atoms with Crippen LogP contribution in [-0.2, 0) is 18.3 Å². The molecule has 1 aliphatic rings. The number of nitriles is 1. The van der Waals surface area contributed by atoms with Gasteiger partial charge >= 0.3 is 0 Å². The lowest BCUT2D eigenvalue weighted by atomic mass is 10.0. The van der Waals surface area contributed by atoms with E-state index in [4.69, 9.17) is 12.2 Å². The van der Waals surface area contributed by atoms with Gasteiger partial charge in [0.05, 0.1) is 4.91 Å². The average molecular weight is 579 g/mol. The number of thiocarbonyl (C=S) groups is 1. The van der Waals surface area contributed by atoms with Crippen LogP contribution in [0, 0.1) is 18.3 Å². The van der Waals surface area contributed by atoms with Gasteiger partial charge in [0.2, 0.25) is 0 Å². The first-order valence-corrected chi connectivity index (χ1v) is 15.8. The highest BCUT2D eigenvalue weighted by molar-refractivity contribution is 8.26. The van der Waals surface area contributed by atoms with Crippen molar-refractivity contribution in [1.29, 1.82) is 5.26 Å². The van der Waals surface area contributed by atoms with Gasteiger partial charge in [-0.05, 0) is 37.0 Å². The minimum Gasteiger partial charge on any atom is -0.371 e. The number of nitrogens with zero attached hydrogens (tertiary/aromatic N) is 3. The Morgan fingerprint density at radius 2 is 1.62 bits per heavy atom. The van der Waals surface area contributed by atoms with Crippen LogP contribution >= 0.6 is 24.0 Å². The van der Waals surface area contributed by atoms with Crippen LogP contribution in [0.25, 0.3) is 6.08 Å². The Hall–Kier alpha value is -2.89. The molecule has 0 atom stereocenters. The highest BCUT2D eigenvalue weighted by Gasteiger charge is 2.32. The van der Waals surface area contributed by atoms with Crippen LogP contribution in [0.3, 0.4) is 0 Å². The molecule has 2 heterocycles. The highest BCUT2D eigenvalue weighted by atomic mass is 32.2. The molecule has 6 nitrogen and oxygen atoms in total. The summed E-state index contributed by atoms with van der Waals surface area (Å²) in [6.07, 6.45) is 14.9. The second-order valence-electron chi connectivity index (χ2n) is 10.4. The zero-order chi connectivity index (χ0) is 28.9. The number of nitrogens with one attached hydrogen (secondary N) is 1. The Labute approximate surface area is 248 Å². The molecule has 0 unspecified atom stereocenters. The smallest absolute Gasteiger partial charge is 0.270 e. The van der Waals surface area contributed by atoms with Gasteiger partial charge in [0, 0.05) is 25.7 Å². The number of pyridine rings is 1. The molecule has 1 amide bonds. The van der Waals surface area contributed by atoms with Crippen molar-refractivity contribution in [3.63, 3.8) is 0 Å². The van der Waals surface area contributed by atoms with Crippen LogP contribution < -0.4 is 10.9 Å². The number of unbranched alkanes of at least 4 members (excludes halogenated alkanes) is 9. The maximum atomic E-state index is 13.3. The van der Waals surface area contributed by atoms with Crippen LogP contribution in [0.2, 0.25) is 0 Å². The van der Waals surface area contributed by atoms with Crippen molar-refractivity contribution in [2.75, 3.05) is 18.4 Å². The second-order valence-corrected chi connectivity index (χ2v) is 12.1. The number of carbonyl (C=O) groups excluding carboxylic acids is 1. The van der Waals surface area contributed by atoms with Crippen molar-refractivity contribution in [3.05, 3.63) is 67.8 Å². The lowest BCUT2D eigenvalue weighted by Crippen LogP contribution is -2.29. The normalized spacial score (nSPS) is 14.2. The van der Waals surface area contributed by atoms with E-state index >= 15 is 0 Å². The van der Waals surface area contributed by atoms with Gasteiger partial charge in [0.15, 0.2) is 0 Å². The van der Waals surface area contributed by atoms with Gasteiger partial charge < -0.3 is 5.32 Å². The SMILES string of the molecule is CCCCCCCCCCCCN1C(=O)/C(=C\c2c(C)c(C#N)c(=O)n(C)c2NCCc2ccccc2)SC1=S. The van der Waals surface area contributed by atoms with E-state index in [-0.39, 0.29) is 17.0 Å². The quantitative estimate of drug-likeness (QED) is 0.128. The monoisotopic (exact) mass is 578 g/mol. The largest absolute Gasteiger partial charge is 0.371 e. The Kier molecular flexibility index (Phi) is 13.0. The summed E-state index contributed by atoms with van der Waals surface area (Å²) in [6, 6.07) is 12.2. The van der Waals surface area contributed by atoms with Gasteiger partial charge in [-0.1, -0.05) is 119 Å². The van der Waals surface area contributed by atoms with Gasteiger partial charge in [0.25, 0.3) is 11.5 Å². The molecule has 3 rings (SSSR count). The Morgan fingerprint density at radius 1 is 1.00 bits per heavy atom. The van der Waals surface area contributed by atoms with Crippen molar-refractivity contribution in [3.8, 4) is 6.07 Å². The highest BCUT2D eigenvalue weighted by Crippen LogP contribution is 2.35. The molecule has 1 fully saturated rings. The molecule has 1 aromatic heterocycles. The fourth-order valence-electron chi connectivity index (χ4n) is 5.00. The van der Waals surface area contributed by atoms with Gasteiger partial charge in [0.1, 0.15) is 21.8 Å². The summed E-state index contributed by atoms with van der Waals surface area (Å²) in [6.45, 7) is 5.23. The Morgan fingerprint density at radius 3 is 2.25 bits per heavy atom. The first kappa shape index (κ1) is 31.6. The van der Waals surface area contributed by atoms with Crippen molar-refractivity contribution < 1.29 is 4.79 Å². The summed E-state index contributed by atoms with van der Waals surface area (Å²) in [5, 5.41) is 13.1. The first-order chi connectivity index (χ1) is 19.4.